The minimum Gasteiger partial charge on any atom is -0.459 e. The Morgan fingerprint density at radius 1 is 1.36 bits per heavy atom. The lowest BCUT2D eigenvalue weighted by Crippen LogP contribution is -2.25. The van der Waals surface area contributed by atoms with Crippen LogP contribution < -0.4 is 10.2 Å². The molecule has 1 N–H and O–H groups in total. The molecular formula is C16H16N2O3S. The number of fused-ring (bicyclic) bond motifs is 1. The second kappa shape index (κ2) is 6.19. The minimum absolute atomic E-state index is 0.0254. The van der Waals surface area contributed by atoms with E-state index in [0.29, 0.717) is 13.1 Å². The van der Waals surface area contributed by atoms with Gasteiger partial charge in [0.25, 0.3) is 0 Å². The molecule has 6 heteroatoms. The van der Waals surface area contributed by atoms with Crippen molar-refractivity contribution in [2.75, 3.05) is 0 Å². The van der Waals surface area contributed by atoms with E-state index in [4.69, 9.17) is 4.42 Å². The maximum Gasteiger partial charge on any atom is 0.307 e. The molecule has 0 saturated heterocycles. The summed E-state index contributed by atoms with van der Waals surface area (Å²) < 4.78 is 7.26. The number of rotatable bonds is 5. The molecule has 0 fully saturated rings. The van der Waals surface area contributed by atoms with Crippen molar-refractivity contribution in [1.29, 1.82) is 0 Å². The van der Waals surface area contributed by atoms with Crippen LogP contribution in [0, 0.1) is 6.92 Å². The Labute approximate surface area is 131 Å². The minimum atomic E-state index is -0.0991. The van der Waals surface area contributed by atoms with Crippen molar-refractivity contribution in [3.05, 3.63) is 56.8 Å². The fraction of sp³-hybridized carbons (Fsp3) is 0.250. The highest BCUT2D eigenvalue weighted by Gasteiger charge is 2.08. The van der Waals surface area contributed by atoms with Gasteiger partial charge in [-0.25, -0.2) is 0 Å². The molecule has 0 aliphatic heterocycles. The number of thiazole rings is 1. The van der Waals surface area contributed by atoms with E-state index in [0.717, 1.165) is 33.8 Å². The van der Waals surface area contributed by atoms with Gasteiger partial charge >= 0.3 is 4.87 Å². The molecule has 2 aromatic heterocycles. The molecule has 0 saturated carbocycles. The van der Waals surface area contributed by atoms with Gasteiger partial charge in [-0.2, -0.15) is 0 Å². The summed E-state index contributed by atoms with van der Waals surface area (Å²) in [4.78, 5) is 23.4. The van der Waals surface area contributed by atoms with Crippen LogP contribution in [0.15, 0.2) is 44.9 Å². The normalized spacial score (nSPS) is 11.0. The number of amides is 1. The number of carbonyl (C=O) groups is 1. The summed E-state index contributed by atoms with van der Waals surface area (Å²) in [6, 6.07) is 9.64. The van der Waals surface area contributed by atoms with E-state index in [9.17, 15) is 9.59 Å². The number of aromatic nitrogens is 1. The first-order valence-corrected chi connectivity index (χ1v) is 7.90. The number of furan rings is 1. The van der Waals surface area contributed by atoms with Crippen LogP contribution in [0.25, 0.3) is 11.0 Å². The third-order valence-electron chi connectivity index (χ3n) is 3.48. The second-order valence-corrected chi connectivity index (χ2v) is 5.89. The summed E-state index contributed by atoms with van der Waals surface area (Å²) in [6.07, 6.45) is 0.276. The van der Waals surface area contributed by atoms with E-state index < -0.39 is 0 Å². The van der Waals surface area contributed by atoms with E-state index in [1.807, 2.05) is 37.3 Å². The first kappa shape index (κ1) is 14.6. The van der Waals surface area contributed by atoms with Crippen LogP contribution in [-0.2, 0) is 17.9 Å². The molecule has 0 atom stereocenters. The number of hydrogen-bond donors (Lipinski definition) is 1. The Kier molecular flexibility index (Phi) is 4.11. The Morgan fingerprint density at radius 3 is 2.91 bits per heavy atom. The number of nitrogens with one attached hydrogen (secondary N) is 1. The molecule has 1 aromatic carbocycles. The fourth-order valence-corrected chi connectivity index (χ4v) is 3.05. The van der Waals surface area contributed by atoms with Crippen LogP contribution in [0.4, 0.5) is 0 Å². The second-order valence-electron chi connectivity index (χ2n) is 5.07. The molecule has 114 valence electrons. The topological polar surface area (TPSA) is 64.2 Å². The smallest absolute Gasteiger partial charge is 0.307 e. The number of benzene rings is 1. The van der Waals surface area contributed by atoms with Gasteiger partial charge in [-0.1, -0.05) is 29.5 Å². The van der Waals surface area contributed by atoms with Crippen molar-refractivity contribution >= 4 is 28.2 Å². The average molecular weight is 316 g/mol. The number of carbonyl (C=O) groups excluding carboxylic acids is 1. The predicted molar refractivity (Wildman–Crippen MR) is 86.0 cm³/mol. The van der Waals surface area contributed by atoms with Gasteiger partial charge in [-0.15, -0.1) is 0 Å². The zero-order valence-electron chi connectivity index (χ0n) is 12.2. The Hall–Kier alpha value is -2.34. The van der Waals surface area contributed by atoms with Crippen LogP contribution in [0.2, 0.25) is 0 Å². The van der Waals surface area contributed by atoms with Crippen LogP contribution >= 0.6 is 11.3 Å². The molecule has 0 unspecified atom stereocenters. The van der Waals surface area contributed by atoms with Crippen molar-refractivity contribution in [3.8, 4) is 0 Å². The molecule has 3 aromatic rings. The van der Waals surface area contributed by atoms with Gasteiger partial charge < -0.3 is 14.3 Å². The van der Waals surface area contributed by atoms with Crippen molar-refractivity contribution in [2.24, 2.45) is 0 Å². The number of hydrogen-bond acceptors (Lipinski definition) is 4. The predicted octanol–water partition coefficient (Wildman–Crippen LogP) is 2.67. The summed E-state index contributed by atoms with van der Waals surface area (Å²) in [7, 11) is 0. The molecule has 1 amide bonds. The van der Waals surface area contributed by atoms with E-state index >= 15 is 0 Å². The molecule has 0 radical (unpaired) electrons. The third kappa shape index (κ3) is 3.12. The number of aryl methyl sites for hydroxylation is 1. The highest BCUT2D eigenvalue weighted by Crippen LogP contribution is 2.18. The highest BCUT2D eigenvalue weighted by atomic mass is 32.1. The fourth-order valence-electron chi connectivity index (χ4n) is 2.29. The van der Waals surface area contributed by atoms with Gasteiger partial charge in [-0.3, -0.25) is 9.59 Å². The summed E-state index contributed by atoms with van der Waals surface area (Å²) in [5.74, 6) is 0.622. The van der Waals surface area contributed by atoms with E-state index in [1.165, 1.54) is 0 Å². The molecule has 0 spiro atoms. The van der Waals surface area contributed by atoms with Gasteiger partial charge in [-0.05, 0) is 19.1 Å². The van der Waals surface area contributed by atoms with Gasteiger partial charge in [0, 0.05) is 29.4 Å². The lowest BCUT2D eigenvalue weighted by atomic mass is 10.2. The van der Waals surface area contributed by atoms with Crippen molar-refractivity contribution in [1.82, 2.24) is 9.88 Å². The van der Waals surface area contributed by atoms with Gasteiger partial charge in [0.1, 0.15) is 11.3 Å². The SMILES string of the molecule is Cc1csc(=O)n1CCC(=O)NCc1cc2ccccc2o1. The number of nitrogens with zero attached hydrogens (tertiary/aromatic N) is 1. The highest BCUT2D eigenvalue weighted by molar-refractivity contribution is 7.07. The monoisotopic (exact) mass is 316 g/mol. The lowest BCUT2D eigenvalue weighted by Gasteiger charge is -2.05. The molecule has 0 aliphatic rings. The largest absolute Gasteiger partial charge is 0.459 e. The van der Waals surface area contributed by atoms with Crippen LogP contribution in [-0.4, -0.2) is 10.5 Å². The maximum absolute atomic E-state index is 11.9. The summed E-state index contributed by atoms with van der Waals surface area (Å²) in [6.45, 7) is 2.62. The first-order chi connectivity index (χ1) is 10.6. The standard InChI is InChI=1S/C16H16N2O3S/c1-11-10-22-16(20)18(11)7-6-15(19)17-9-13-8-12-4-2-3-5-14(12)21-13/h2-5,8,10H,6-7,9H2,1H3,(H,17,19). The van der Waals surface area contributed by atoms with Crippen molar-refractivity contribution in [3.63, 3.8) is 0 Å². The van der Waals surface area contributed by atoms with Crippen molar-refractivity contribution in [2.45, 2.75) is 26.4 Å². The lowest BCUT2D eigenvalue weighted by molar-refractivity contribution is -0.121. The first-order valence-electron chi connectivity index (χ1n) is 7.02. The molecule has 0 bridgehead atoms. The van der Waals surface area contributed by atoms with Crippen LogP contribution in [0.1, 0.15) is 17.9 Å². The summed E-state index contributed by atoms with van der Waals surface area (Å²) >= 11 is 1.16. The zero-order valence-corrected chi connectivity index (χ0v) is 13.0. The number of para-hydroxylation sites is 1. The molecule has 22 heavy (non-hydrogen) atoms. The van der Waals surface area contributed by atoms with E-state index in [1.54, 1.807) is 9.95 Å². The van der Waals surface area contributed by atoms with E-state index in [-0.39, 0.29) is 17.2 Å². The third-order valence-corrected chi connectivity index (χ3v) is 4.36. The Morgan fingerprint density at radius 2 is 2.18 bits per heavy atom. The van der Waals surface area contributed by atoms with Gasteiger partial charge in [0.05, 0.1) is 6.54 Å². The molecule has 5 nitrogen and oxygen atoms in total. The molecule has 2 heterocycles. The Bertz CT molecular complexity index is 827. The maximum atomic E-state index is 11.9. The molecule has 3 rings (SSSR count). The Balaban J connectivity index is 1.55. The zero-order chi connectivity index (χ0) is 15.5. The summed E-state index contributed by atoms with van der Waals surface area (Å²) in [5, 5.41) is 5.64. The molecular weight excluding hydrogens is 300 g/mol. The van der Waals surface area contributed by atoms with E-state index in [2.05, 4.69) is 5.32 Å². The van der Waals surface area contributed by atoms with Crippen LogP contribution in [0.5, 0.6) is 0 Å². The van der Waals surface area contributed by atoms with Crippen LogP contribution in [0.3, 0.4) is 0 Å². The van der Waals surface area contributed by atoms with Gasteiger partial charge in [0.15, 0.2) is 0 Å². The average Bonchev–Trinajstić information content (AvgIpc) is 3.07. The molecule has 0 aliphatic carbocycles. The van der Waals surface area contributed by atoms with Crippen molar-refractivity contribution < 1.29 is 9.21 Å². The van der Waals surface area contributed by atoms with Gasteiger partial charge in [0.2, 0.25) is 5.91 Å². The quantitative estimate of drug-likeness (QED) is 0.787. The summed E-state index contributed by atoms with van der Waals surface area (Å²) in [5.41, 5.74) is 1.70.